The second kappa shape index (κ2) is 4.65. The molecular weight excluding hydrogens is 220 g/mol. The van der Waals surface area contributed by atoms with Gasteiger partial charge >= 0.3 is 0 Å². The van der Waals surface area contributed by atoms with Crippen molar-refractivity contribution >= 4 is 5.91 Å². The molecule has 2 rings (SSSR count). The summed E-state index contributed by atoms with van der Waals surface area (Å²) in [6.45, 7) is 0.394. The first-order valence-corrected chi connectivity index (χ1v) is 5.09. The van der Waals surface area contributed by atoms with Gasteiger partial charge in [-0.3, -0.25) is 9.59 Å². The molecule has 0 spiro atoms. The molecule has 17 heavy (non-hydrogen) atoms. The Hall–Kier alpha value is -2.37. The zero-order valence-corrected chi connectivity index (χ0v) is 9.30. The smallest absolute Gasteiger partial charge is 0.255 e. The zero-order chi connectivity index (χ0) is 12.3. The van der Waals surface area contributed by atoms with Crippen LogP contribution in [0.5, 0.6) is 0 Å². The average molecular weight is 232 g/mol. The van der Waals surface area contributed by atoms with Gasteiger partial charge in [0.05, 0.1) is 12.1 Å². The maximum absolute atomic E-state index is 11.9. The summed E-state index contributed by atoms with van der Waals surface area (Å²) in [5, 5.41) is 0. The average Bonchev–Trinajstić information content (AvgIpc) is 2.82. The van der Waals surface area contributed by atoms with E-state index in [1.165, 1.54) is 23.2 Å². The Kier molecular flexibility index (Phi) is 3.04. The molecule has 2 aromatic rings. The molecule has 0 bridgehead atoms. The Morgan fingerprint density at radius 3 is 2.82 bits per heavy atom. The number of carbonyl (C=O) groups is 1. The van der Waals surface area contributed by atoms with Gasteiger partial charge in [-0.25, -0.2) is 4.98 Å². The Morgan fingerprint density at radius 2 is 2.24 bits per heavy atom. The van der Waals surface area contributed by atoms with Crippen LogP contribution in [0.3, 0.4) is 0 Å². The van der Waals surface area contributed by atoms with Crippen LogP contribution in [-0.2, 0) is 6.54 Å². The molecule has 0 fully saturated rings. The number of nitrogens with one attached hydrogen (secondary N) is 2. The minimum atomic E-state index is -0.227. The van der Waals surface area contributed by atoms with E-state index in [9.17, 15) is 9.59 Å². The quantitative estimate of drug-likeness (QED) is 0.802. The maximum Gasteiger partial charge on any atom is 0.255 e. The van der Waals surface area contributed by atoms with Gasteiger partial charge in [-0.15, -0.1) is 0 Å². The minimum absolute atomic E-state index is 0.169. The first kappa shape index (κ1) is 11.1. The molecule has 0 unspecified atom stereocenters. The highest BCUT2D eigenvalue weighted by Crippen LogP contribution is 2.03. The summed E-state index contributed by atoms with van der Waals surface area (Å²) < 4.78 is 0. The van der Waals surface area contributed by atoms with Crippen molar-refractivity contribution in [2.24, 2.45) is 0 Å². The molecule has 0 aliphatic carbocycles. The number of imidazole rings is 1. The van der Waals surface area contributed by atoms with Gasteiger partial charge in [0.2, 0.25) is 5.56 Å². The van der Waals surface area contributed by atoms with Crippen molar-refractivity contribution in [2.45, 2.75) is 6.54 Å². The Bertz CT molecular complexity index is 539. The van der Waals surface area contributed by atoms with Crippen LogP contribution in [0.1, 0.15) is 16.2 Å². The van der Waals surface area contributed by atoms with Crippen LogP contribution in [-0.4, -0.2) is 32.8 Å². The van der Waals surface area contributed by atoms with Crippen LogP contribution < -0.4 is 5.56 Å². The molecular formula is C11H12N4O2. The topological polar surface area (TPSA) is 81.8 Å². The maximum atomic E-state index is 11.9. The monoisotopic (exact) mass is 232 g/mol. The highest BCUT2D eigenvalue weighted by molar-refractivity contribution is 5.93. The van der Waals surface area contributed by atoms with E-state index in [0.29, 0.717) is 17.9 Å². The van der Waals surface area contributed by atoms with Crippen LogP contribution in [0.4, 0.5) is 0 Å². The van der Waals surface area contributed by atoms with E-state index in [2.05, 4.69) is 15.0 Å². The van der Waals surface area contributed by atoms with E-state index in [0.717, 1.165) is 0 Å². The van der Waals surface area contributed by atoms with Gasteiger partial charge in [-0.05, 0) is 6.07 Å². The van der Waals surface area contributed by atoms with Crippen molar-refractivity contribution < 1.29 is 4.79 Å². The number of H-pyrrole nitrogens is 2. The van der Waals surface area contributed by atoms with E-state index in [4.69, 9.17) is 0 Å². The zero-order valence-electron chi connectivity index (χ0n) is 9.30. The second-order valence-electron chi connectivity index (χ2n) is 3.64. The summed E-state index contributed by atoms with van der Waals surface area (Å²) in [6, 6.07) is 2.83. The molecule has 2 heterocycles. The number of hydrogen-bond acceptors (Lipinski definition) is 3. The van der Waals surface area contributed by atoms with Crippen molar-refractivity contribution in [3.63, 3.8) is 0 Å². The Balaban J connectivity index is 2.09. The molecule has 0 radical (unpaired) electrons. The lowest BCUT2D eigenvalue weighted by Gasteiger charge is -2.15. The van der Waals surface area contributed by atoms with Crippen LogP contribution in [0.15, 0.2) is 35.5 Å². The van der Waals surface area contributed by atoms with E-state index in [1.54, 1.807) is 19.4 Å². The fraction of sp³-hybridized carbons (Fsp3) is 0.182. The molecule has 0 saturated carbocycles. The molecule has 88 valence electrons. The first-order chi connectivity index (χ1) is 8.16. The highest BCUT2D eigenvalue weighted by atomic mass is 16.2. The fourth-order valence-electron chi connectivity index (χ4n) is 1.44. The van der Waals surface area contributed by atoms with Crippen molar-refractivity contribution in [1.82, 2.24) is 19.9 Å². The van der Waals surface area contributed by atoms with Gasteiger partial charge in [-0.1, -0.05) is 0 Å². The van der Waals surface area contributed by atoms with Crippen LogP contribution in [0, 0.1) is 0 Å². The van der Waals surface area contributed by atoms with Crippen molar-refractivity contribution in [3.05, 3.63) is 52.5 Å². The summed E-state index contributed by atoms with van der Waals surface area (Å²) >= 11 is 0. The van der Waals surface area contributed by atoms with Gasteiger partial charge in [-0.2, -0.15) is 0 Å². The van der Waals surface area contributed by atoms with Crippen molar-refractivity contribution in [2.75, 3.05) is 7.05 Å². The predicted octanol–water partition coefficient (Wildman–Crippen LogP) is 0.370. The third-order valence-corrected chi connectivity index (χ3v) is 2.32. The molecule has 2 N–H and O–H groups in total. The first-order valence-electron chi connectivity index (χ1n) is 5.09. The molecule has 0 aliphatic heterocycles. The lowest BCUT2D eigenvalue weighted by Crippen LogP contribution is -2.27. The number of carbonyl (C=O) groups excluding carboxylic acids is 1. The number of aromatic nitrogens is 3. The highest BCUT2D eigenvalue weighted by Gasteiger charge is 2.12. The van der Waals surface area contributed by atoms with Gasteiger partial charge in [0, 0.05) is 31.7 Å². The number of hydrogen-bond donors (Lipinski definition) is 2. The summed E-state index contributed by atoms with van der Waals surface area (Å²) in [4.78, 5) is 33.8. The number of nitrogens with zero attached hydrogens (tertiary/aromatic N) is 2. The molecule has 0 atom stereocenters. The van der Waals surface area contributed by atoms with Gasteiger partial charge in [0.1, 0.15) is 5.82 Å². The second-order valence-corrected chi connectivity index (χ2v) is 3.64. The summed E-state index contributed by atoms with van der Waals surface area (Å²) in [6.07, 6.45) is 4.74. The predicted molar refractivity (Wildman–Crippen MR) is 61.4 cm³/mol. The third-order valence-electron chi connectivity index (χ3n) is 2.32. The Labute approximate surface area is 97.3 Å². The van der Waals surface area contributed by atoms with Crippen LogP contribution in [0.25, 0.3) is 0 Å². The van der Waals surface area contributed by atoms with E-state index < -0.39 is 0 Å². The molecule has 6 heteroatoms. The lowest BCUT2D eigenvalue weighted by atomic mass is 10.2. The fourth-order valence-corrected chi connectivity index (χ4v) is 1.44. The van der Waals surface area contributed by atoms with E-state index in [1.807, 2.05) is 0 Å². The van der Waals surface area contributed by atoms with Crippen LogP contribution >= 0.6 is 0 Å². The van der Waals surface area contributed by atoms with Crippen LogP contribution in [0.2, 0.25) is 0 Å². The largest absolute Gasteiger partial charge is 0.347 e. The Morgan fingerprint density at radius 1 is 1.41 bits per heavy atom. The molecule has 2 aromatic heterocycles. The lowest BCUT2D eigenvalue weighted by molar-refractivity contribution is 0.0781. The third kappa shape index (κ3) is 2.60. The van der Waals surface area contributed by atoms with Crippen molar-refractivity contribution in [1.29, 1.82) is 0 Å². The molecule has 0 aromatic carbocycles. The number of rotatable bonds is 3. The minimum Gasteiger partial charge on any atom is -0.347 e. The summed E-state index contributed by atoms with van der Waals surface area (Å²) in [5.74, 6) is 0.544. The van der Waals surface area contributed by atoms with Crippen molar-refractivity contribution in [3.8, 4) is 0 Å². The van der Waals surface area contributed by atoms with Gasteiger partial charge in [0.25, 0.3) is 5.91 Å². The van der Waals surface area contributed by atoms with E-state index >= 15 is 0 Å². The molecule has 6 nitrogen and oxygen atoms in total. The van der Waals surface area contributed by atoms with E-state index in [-0.39, 0.29) is 11.5 Å². The van der Waals surface area contributed by atoms with Gasteiger partial charge in [0.15, 0.2) is 0 Å². The summed E-state index contributed by atoms with van der Waals surface area (Å²) in [7, 11) is 1.68. The number of aromatic amines is 2. The molecule has 1 amide bonds. The standard InChI is InChI=1S/C11H12N4O2/c1-15(7-9-12-4-5-13-9)11(17)8-2-3-10(16)14-6-8/h2-6H,7H2,1H3,(H,12,13)(H,14,16). The summed E-state index contributed by atoms with van der Waals surface area (Å²) in [5.41, 5.74) is 0.217. The number of amides is 1. The van der Waals surface area contributed by atoms with Gasteiger partial charge < -0.3 is 14.9 Å². The normalized spacial score (nSPS) is 10.2. The molecule has 0 saturated heterocycles. The number of pyridine rings is 1. The SMILES string of the molecule is CN(Cc1ncc[nH]1)C(=O)c1ccc(=O)[nH]c1. The molecule has 0 aliphatic rings.